The van der Waals surface area contributed by atoms with Gasteiger partial charge in [-0.25, -0.2) is 0 Å². The molecular formula is C15H16N2O2. The highest BCUT2D eigenvalue weighted by Crippen LogP contribution is 2.13. The average Bonchev–Trinajstić information content (AvgIpc) is 2.46. The maximum atomic E-state index is 11.4. The number of anilines is 1. The Kier molecular flexibility index (Phi) is 4.03. The lowest BCUT2D eigenvalue weighted by Gasteiger charge is -2.07. The molecule has 0 fully saturated rings. The highest BCUT2D eigenvalue weighted by molar-refractivity contribution is 5.94. The molecule has 19 heavy (non-hydrogen) atoms. The summed E-state index contributed by atoms with van der Waals surface area (Å²) in [5, 5.41) is 15.0. The zero-order valence-corrected chi connectivity index (χ0v) is 10.7. The van der Waals surface area contributed by atoms with Crippen LogP contribution in [0.3, 0.4) is 0 Å². The Morgan fingerprint density at radius 2 is 1.68 bits per heavy atom. The van der Waals surface area contributed by atoms with Gasteiger partial charge in [-0.1, -0.05) is 12.1 Å². The van der Waals surface area contributed by atoms with Crippen LogP contribution in [0, 0.1) is 0 Å². The molecule has 0 saturated heterocycles. The Labute approximate surface area is 112 Å². The fourth-order valence-corrected chi connectivity index (χ4v) is 1.70. The van der Waals surface area contributed by atoms with Crippen molar-refractivity contribution in [2.75, 3.05) is 12.4 Å². The molecule has 0 heterocycles. The van der Waals surface area contributed by atoms with Gasteiger partial charge in [0.05, 0.1) is 0 Å². The molecule has 1 amide bonds. The summed E-state index contributed by atoms with van der Waals surface area (Å²) in [5.74, 6) is 0.170. The van der Waals surface area contributed by atoms with E-state index >= 15 is 0 Å². The molecular weight excluding hydrogens is 240 g/mol. The van der Waals surface area contributed by atoms with Crippen LogP contribution in [0.25, 0.3) is 0 Å². The normalized spacial score (nSPS) is 9.95. The van der Waals surface area contributed by atoms with Crippen LogP contribution in [-0.2, 0) is 6.54 Å². The Morgan fingerprint density at radius 3 is 2.26 bits per heavy atom. The van der Waals surface area contributed by atoms with E-state index in [0.29, 0.717) is 12.1 Å². The van der Waals surface area contributed by atoms with Gasteiger partial charge in [0.1, 0.15) is 5.75 Å². The smallest absolute Gasteiger partial charge is 0.251 e. The van der Waals surface area contributed by atoms with Gasteiger partial charge in [0.2, 0.25) is 0 Å². The summed E-state index contributed by atoms with van der Waals surface area (Å²) in [6.07, 6.45) is 0. The van der Waals surface area contributed by atoms with Crippen LogP contribution < -0.4 is 10.6 Å². The van der Waals surface area contributed by atoms with E-state index < -0.39 is 0 Å². The molecule has 4 heteroatoms. The average molecular weight is 256 g/mol. The topological polar surface area (TPSA) is 61.4 Å². The third-order valence-corrected chi connectivity index (χ3v) is 2.81. The van der Waals surface area contributed by atoms with Crippen LogP contribution in [0.15, 0.2) is 48.5 Å². The second kappa shape index (κ2) is 5.91. The van der Waals surface area contributed by atoms with Crippen LogP contribution in [-0.4, -0.2) is 18.1 Å². The maximum Gasteiger partial charge on any atom is 0.251 e. The number of benzene rings is 2. The van der Waals surface area contributed by atoms with E-state index in [-0.39, 0.29) is 11.7 Å². The van der Waals surface area contributed by atoms with Crippen molar-refractivity contribution >= 4 is 11.6 Å². The van der Waals surface area contributed by atoms with Gasteiger partial charge >= 0.3 is 0 Å². The minimum absolute atomic E-state index is 0.0925. The zero-order valence-electron chi connectivity index (χ0n) is 10.7. The fourth-order valence-electron chi connectivity index (χ4n) is 1.70. The summed E-state index contributed by atoms with van der Waals surface area (Å²) in [7, 11) is 1.61. The van der Waals surface area contributed by atoms with Crippen molar-refractivity contribution in [3.63, 3.8) is 0 Å². The number of carbonyl (C=O) groups excluding carboxylic acids is 1. The predicted octanol–water partition coefficient (Wildman–Crippen LogP) is 2.36. The quantitative estimate of drug-likeness (QED) is 0.787. The maximum absolute atomic E-state index is 11.4. The lowest BCUT2D eigenvalue weighted by molar-refractivity contribution is 0.0963. The molecule has 0 spiro atoms. The van der Waals surface area contributed by atoms with Crippen LogP contribution >= 0.6 is 0 Å². The second-order valence-electron chi connectivity index (χ2n) is 4.18. The number of rotatable bonds is 4. The van der Waals surface area contributed by atoms with Gasteiger partial charge in [-0.05, 0) is 42.0 Å². The third kappa shape index (κ3) is 3.48. The number of phenolic OH excluding ortho intramolecular Hbond substituents is 1. The molecule has 2 aromatic rings. The first kappa shape index (κ1) is 13.0. The van der Waals surface area contributed by atoms with E-state index in [2.05, 4.69) is 10.6 Å². The fraction of sp³-hybridized carbons (Fsp3) is 0.133. The molecule has 2 aromatic carbocycles. The van der Waals surface area contributed by atoms with Gasteiger partial charge in [-0.3, -0.25) is 4.79 Å². The minimum atomic E-state index is -0.0925. The molecule has 0 radical (unpaired) electrons. The Hall–Kier alpha value is -2.49. The molecule has 4 nitrogen and oxygen atoms in total. The van der Waals surface area contributed by atoms with Gasteiger partial charge in [0, 0.05) is 24.8 Å². The Morgan fingerprint density at radius 1 is 1.05 bits per heavy atom. The van der Waals surface area contributed by atoms with Crippen molar-refractivity contribution in [3.8, 4) is 5.75 Å². The molecule has 0 saturated carbocycles. The van der Waals surface area contributed by atoms with Crippen molar-refractivity contribution in [2.24, 2.45) is 0 Å². The standard InChI is InChI=1S/C15H16N2O2/c1-16-15(19)12-4-6-13(7-5-12)17-10-11-2-8-14(18)9-3-11/h2-9,17-18H,10H2,1H3,(H,16,19). The first-order valence-electron chi connectivity index (χ1n) is 6.03. The molecule has 0 aromatic heterocycles. The molecule has 98 valence electrons. The Bertz CT molecular complexity index is 547. The minimum Gasteiger partial charge on any atom is -0.508 e. The van der Waals surface area contributed by atoms with Crippen molar-refractivity contribution in [1.82, 2.24) is 5.32 Å². The van der Waals surface area contributed by atoms with E-state index in [9.17, 15) is 9.90 Å². The molecule has 3 N–H and O–H groups in total. The monoisotopic (exact) mass is 256 g/mol. The highest BCUT2D eigenvalue weighted by Gasteiger charge is 2.02. The van der Waals surface area contributed by atoms with Crippen molar-refractivity contribution < 1.29 is 9.90 Å². The summed E-state index contributed by atoms with van der Waals surface area (Å²) in [6, 6.07) is 14.3. The van der Waals surface area contributed by atoms with Gasteiger partial charge in [0.25, 0.3) is 5.91 Å². The number of hydrogen-bond donors (Lipinski definition) is 3. The van der Waals surface area contributed by atoms with Crippen molar-refractivity contribution in [3.05, 3.63) is 59.7 Å². The number of aromatic hydroxyl groups is 1. The van der Waals surface area contributed by atoms with E-state index in [4.69, 9.17) is 0 Å². The number of amides is 1. The van der Waals surface area contributed by atoms with Crippen LogP contribution in [0.5, 0.6) is 5.75 Å². The molecule has 0 unspecified atom stereocenters. The second-order valence-corrected chi connectivity index (χ2v) is 4.18. The molecule has 0 aliphatic heterocycles. The zero-order chi connectivity index (χ0) is 13.7. The van der Waals surface area contributed by atoms with Gasteiger partial charge in [-0.2, -0.15) is 0 Å². The first-order chi connectivity index (χ1) is 9.19. The molecule has 0 bridgehead atoms. The number of hydrogen-bond acceptors (Lipinski definition) is 3. The van der Waals surface area contributed by atoms with Crippen molar-refractivity contribution in [2.45, 2.75) is 6.54 Å². The predicted molar refractivity (Wildman–Crippen MR) is 75.3 cm³/mol. The SMILES string of the molecule is CNC(=O)c1ccc(NCc2ccc(O)cc2)cc1. The summed E-state index contributed by atoms with van der Waals surface area (Å²) in [4.78, 5) is 11.4. The summed E-state index contributed by atoms with van der Waals surface area (Å²) in [5.41, 5.74) is 2.66. The molecule has 0 atom stereocenters. The van der Waals surface area contributed by atoms with E-state index in [1.54, 1.807) is 31.3 Å². The summed E-state index contributed by atoms with van der Waals surface area (Å²) < 4.78 is 0. The first-order valence-corrected chi connectivity index (χ1v) is 6.03. The van der Waals surface area contributed by atoms with Gasteiger partial charge < -0.3 is 15.7 Å². The molecule has 0 aliphatic carbocycles. The van der Waals surface area contributed by atoms with E-state index in [0.717, 1.165) is 11.3 Å². The van der Waals surface area contributed by atoms with Gasteiger partial charge in [-0.15, -0.1) is 0 Å². The van der Waals surface area contributed by atoms with Crippen LogP contribution in [0.1, 0.15) is 15.9 Å². The molecule has 0 aliphatic rings. The van der Waals surface area contributed by atoms with Gasteiger partial charge in [0.15, 0.2) is 0 Å². The third-order valence-electron chi connectivity index (χ3n) is 2.81. The van der Waals surface area contributed by atoms with Crippen LogP contribution in [0.4, 0.5) is 5.69 Å². The molecule has 2 rings (SSSR count). The van der Waals surface area contributed by atoms with Crippen LogP contribution in [0.2, 0.25) is 0 Å². The highest BCUT2D eigenvalue weighted by atomic mass is 16.3. The largest absolute Gasteiger partial charge is 0.508 e. The lowest BCUT2D eigenvalue weighted by Crippen LogP contribution is -2.17. The number of carbonyl (C=O) groups is 1. The lowest BCUT2D eigenvalue weighted by atomic mass is 10.2. The van der Waals surface area contributed by atoms with E-state index in [1.807, 2.05) is 24.3 Å². The number of phenols is 1. The Balaban J connectivity index is 1.96. The van der Waals surface area contributed by atoms with E-state index in [1.165, 1.54) is 0 Å². The van der Waals surface area contributed by atoms with Crippen molar-refractivity contribution in [1.29, 1.82) is 0 Å². The number of nitrogens with one attached hydrogen (secondary N) is 2. The summed E-state index contributed by atoms with van der Waals surface area (Å²) in [6.45, 7) is 0.666. The summed E-state index contributed by atoms with van der Waals surface area (Å²) >= 11 is 0.